The van der Waals surface area contributed by atoms with Gasteiger partial charge in [0.25, 0.3) is 11.8 Å². The summed E-state index contributed by atoms with van der Waals surface area (Å²) < 4.78 is 0. The summed E-state index contributed by atoms with van der Waals surface area (Å²) in [5.41, 5.74) is 2.93. The van der Waals surface area contributed by atoms with Crippen molar-refractivity contribution in [3.05, 3.63) is 71.3 Å². The van der Waals surface area contributed by atoms with Gasteiger partial charge in [-0.2, -0.15) is 0 Å². The molecule has 2 aromatic carbocycles. The predicted octanol–water partition coefficient (Wildman–Crippen LogP) is 3.33. The highest BCUT2D eigenvalue weighted by atomic mass is 35.5. The number of hydrogen-bond acceptors (Lipinski definition) is 4. The van der Waals surface area contributed by atoms with Crippen molar-refractivity contribution in [2.75, 3.05) is 0 Å². The summed E-state index contributed by atoms with van der Waals surface area (Å²) in [5.74, 6) is -0.959. The monoisotopic (exact) mass is 374 g/mol. The summed E-state index contributed by atoms with van der Waals surface area (Å²) in [5, 5.41) is 3.90. The van der Waals surface area contributed by atoms with Crippen LogP contribution < -0.4 is 5.32 Å². The van der Waals surface area contributed by atoms with Gasteiger partial charge < -0.3 is 4.98 Å². The number of aromatic amines is 1. The second kappa shape index (κ2) is 5.75. The van der Waals surface area contributed by atoms with Gasteiger partial charge in [-0.1, -0.05) is 36.4 Å². The van der Waals surface area contributed by atoms with Crippen molar-refractivity contribution >= 4 is 56.4 Å². The molecule has 0 bridgehead atoms. The van der Waals surface area contributed by atoms with E-state index in [1.807, 2.05) is 36.4 Å². The van der Waals surface area contributed by atoms with Crippen molar-refractivity contribution in [3.63, 3.8) is 0 Å². The highest BCUT2D eigenvalue weighted by molar-refractivity contribution is 6.50. The molecule has 0 fully saturated rings. The van der Waals surface area contributed by atoms with E-state index in [0.29, 0.717) is 22.2 Å². The first-order valence-electron chi connectivity index (χ1n) is 8.22. The number of halogens is 1. The number of rotatable bonds is 2. The van der Waals surface area contributed by atoms with Crippen molar-refractivity contribution in [2.24, 2.45) is 0 Å². The average molecular weight is 375 g/mol. The van der Waals surface area contributed by atoms with E-state index in [0.717, 1.165) is 10.9 Å². The number of nitrogens with zero attached hydrogens (tertiary/aromatic N) is 2. The second-order valence-corrected chi connectivity index (χ2v) is 6.48. The molecule has 0 aliphatic carbocycles. The first-order chi connectivity index (χ1) is 13.1. The van der Waals surface area contributed by atoms with Crippen LogP contribution >= 0.6 is 11.6 Å². The Hall–Kier alpha value is -3.51. The number of amides is 2. The van der Waals surface area contributed by atoms with Crippen LogP contribution in [0.15, 0.2) is 54.7 Å². The molecule has 130 valence electrons. The van der Waals surface area contributed by atoms with Gasteiger partial charge in [-0.15, -0.1) is 0 Å². The number of fused-ring (bicyclic) bond motifs is 2. The molecule has 27 heavy (non-hydrogen) atoms. The van der Waals surface area contributed by atoms with Crippen molar-refractivity contribution in [1.82, 2.24) is 20.3 Å². The maximum Gasteiger partial charge on any atom is 0.261 e. The fraction of sp³-hybridized carbons (Fsp3) is 0. The van der Waals surface area contributed by atoms with Gasteiger partial charge in [-0.05, 0) is 23.7 Å². The Bertz CT molecular complexity index is 1310. The van der Waals surface area contributed by atoms with Crippen molar-refractivity contribution < 1.29 is 9.59 Å². The quantitative estimate of drug-likeness (QED) is 0.416. The first kappa shape index (κ1) is 15.7. The molecule has 0 atom stereocenters. The molecule has 2 amide bonds. The van der Waals surface area contributed by atoms with E-state index in [2.05, 4.69) is 20.3 Å². The fourth-order valence-electron chi connectivity index (χ4n) is 3.46. The van der Waals surface area contributed by atoms with Gasteiger partial charge in [-0.25, -0.2) is 9.97 Å². The Labute approximate surface area is 157 Å². The predicted molar refractivity (Wildman–Crippen MR) is 103 cm³/mol. The number of nitrogens with one attached hydrogen (secondary N) is 2. The molecule has 0 saturated heterocycles. The molecule has 6 nitrogen and oxygen atoms in total. The van der Waals surface area contributed by atoms with Gasteiger partial charge in [0, 0.05) is 28.0 Å². The minimum atomic E-state index is -0.500. The molecule has 0 saturated carbocycles. The number of H-pyrrole nitrogens is 1. The van der Waals surface area contributed by atoms with Gasteiger partial charge in [0.05, 0.1) is 22.4 Å². The topological polar surface area (TPSA) is 87.7 Å². The van der Waals surface area contributed by atoms with Gasteiger partial charge in [-0.3, -0.25) is 14.9 Å². The second-order valence-electron chi connectivity index (χ2n) is 6.14. The average Bonchev–Trinajstić information content (AvgIpc) is 3.20. The molecule has 3 heterocycles. The molecule has 7 heteroatoms. The molecule has 1 aliphatic rings. The van der Waals surface area contributed by atoms with E-state index >= 15 is 0 Å². The number of benzene rings is 2. The van der Waals surface area contributed by atoms with Crippen LogP contribution in [0.3, 0.4) is 0 Å². The number of hydrogen-bond donors (Lipinski definition) is 2. The third-order valence-corrected chi connectivity index (χ3v) is 4.77. The van der Waals surface area contributed by atoms with Crippen molar-refractivity contribution in [1.29, 1.82) is 0 Å². The van der Waals surface area contributed by atoms with Crippen LogP contribution in [0.1, 0.15) is 11.3 Å². The summed E-state index contributed by atoms with van der Waals surface area (Å²) in [6, 6.07) is 14.8. The Morgan fingerprint density at radius 1 is 0.815 bits per heavy atom. The minimum absolute atomic E-state index is 0.0154. The molecule has 4 aromatic rings. The summed E-state index contributed by atoms with van der Waals surface area (Å²) in [6.07, 6.45) is 1.73. The van der Waals surface area contributed by atoms with Gasteiger partial charge in [0.1, 0.15) is 0 Å². The van der Waals surface area contributed by atoms with Crippen LogP contribution in [0.25, 0.3) is 33.0 Å². The lowest BCUT2D eigenvalue weighted by Crippen LogP contribution is -2.23. The number of imide groups is 1. The molecule has 2 N–H and O–H groups in total. The summed E-state index contributed by atoms with van der Waals surface area (Å²) >= 11 is 6.09. The van der Waals surface area contributed by atoms with E-state index in [1.54, 1.807) is 18.3 Å². The zero-order valence-electron chi connectivity index (χ0n) is 13.8. The van der Waals surface area contributed by atoms with Crippen LogP contribution in [0.2, 0.25) is 5.28 Å². The molecule has 0 spiro atoms. The van der Waals surface area contributed by atoms with E-state index in [-0.39, 0.29) is 16.4 Å². The largest absolute Gasteiger partial charge is 0.361 e. The highest BCUT2D eigenvalue weighted by Gasteiger charge is 2.35. The molecule has 2 aromatic heterocycles. The molecular formula is C20H11ClN4O2. The molecule has 0 unspecified atom stereocenters. The lowest BCUT2D eigenvalue weighted by Gasteiger charge is -2.07. The van der Waals surface area contributed by atoms with Crippen molar-refractivity contribution in [2.45, 2.75) is 0 Å². The van der Waals surface area contributed by atoms with Crippen LogP contribution in [-0.4, -0.2) is 26.8 Å². The third kappa shape index (κ3) is 2.34. The third-order valence-electron chi connectivity index (χ3n) is 4.60. The maximum absolute atomic E-state index is 12.7. The lowest BCUT2D eigenvalue weighted by atomic mass is 9.97. The Morgan fingerprint density at radius 3 is 2.37 bits per heavy atom. The number of aromatic nitrogens is 3. The highest BCUT2D eigenvalue weighted by Crippen LogP contribution is 2.36. The van der Waals surface area contributed by atoms with Gasteiger partial charge in [0.2, 0.25) is 5.28 Å². The van der Waals surface area contributed by atoms with E-state index < -0.39 is 11.8 Å². The standard InChI is InChI=1S/C20H11ClN4O2/c21-20-23-14-8-4-2-6-11(14)17(24-20)16-15(18(26)25-19(16)27)12-9-22-13-7-3-1-5-10(12)13/h1-9,22H,(H,25,26,27). The zero-order valence-corrected chi connectivity index (χ0v) is 14.5. The summed E-state index contributed by atoms with van der Waals surface area (Å²) in [7, 11) is 0. The summed E-state index contributed by atoms with van der Waals surface area (Å²) in [4.78, 5) is 36.9. The van der Waals surface area contributed by atoms with E-state index in [4.69, 9.17) is 11.6 Å². The minimum Gasteiger partial charge on any atom is -0.361 e. The number of carbonyl (C=O) groups excluding carboxylic acids is 2. The Morgan fingerprint density at radius 2 is 1.52 bits per heavy atom. The van der Waals surface area contributed by atoms with Crippen LogP contribution in [0.5, 0.6) is 0 Å². The number of carbonyl (C=O) groups is 2. The molecule has 5 rings (SSSR count). The van der Waals surface area contributed by atoms with E-state index in [1.165, 1.54) is 0 Å². The van der Waals surface area contributed by atoms with Crippen LogP contribution in [0.4, 0.5) is 0 Å². The lowest BCUT2D eigenvalue weighted by molar-refractivity contribution is -0.122. The molecular weight excluding hydrogens is 364 g/mol. The molecule has 0 radical (unpaired) electrons. The SMILES string of the molecule is O=C1NC(=O)C(c2c[nH]c3ccccc23)=C1c1nc(Cl)nc2ccccc12. The van der Waals surface area contributed by atoms with E-state index in [9.17, 15) is 9.59 Å². The molecule has 1 aliphatic heterocycles. The maximum atomic E-state index is 12.7. The zero-order chi connectivity index (χ0) is 18.5. The number of para-hydroxylation sites is 2. The summed E-state index contributed by atoms with van der Waals surface area (Å²) in [6.45, 7) is 0. The fourth-order valence-corrected chi connectivity index (χ4v) is 3.63. The smallest absolute Gasteiger partial charge is 0.261 e. The normalized spacial score (nSPS) is 14.4. The Balaban J connectivity index is 1.88. The first-order valence-corrected chi connectivity index (χ1v) is 8.60. The van der Waals surface area contributed by atoms with Gasteiger partial charge >= 0.3 is 0 Å². The Kier molecular flexibility index (Phi) is 3.35. The van der Waals surface area contributed by atoms with Crippen molar-refractivity contribution in [3.8, 4) is 0 Å². The van der Waals surface area contributed by atoms with Crippen LogP contribution in [-0.2, 0) is 9.59 Å². The van der Waals surface area contributed by atoms with Crippen LogP contribution in [0, 0.1) is 0 Å². The van der Waals surface area contributed by atoms with Gasteiger partial charge in [0.15, 0.2) is 0 Å².